The van der Waals surface area contributed by atoms with Gasteiger partial charge in [-0.3, -0.25) is 9.59 Å². The lowest BCUT2D eigenvalue weighted by Gasteiger charge is -2.09. The molecule has 0 bridgehead atoms. The molecule has 2 aromatic rings. The van der Waals surface area contributed by atoms with Crippen molar-refractivity contribution in [2.24, 2.45) is 5.73 Å². The highest BCUT2D eigenvalue weighted by Gasteiger charge is 2.09. The molecule has 0 spiro atoms. The Morgan fingerprint density at radius 2 is 2.05 bits per heavy atom. The first-order valence-corrected chi connectivity index (χ1v) is 5.61. The summed E-state index contributed by atoms with van der Waals surface area (Å²) in [5, 5.41) is 4.11. The Balaban J connectivity index is 2.51. The first-order valence-electron chi connectivity index (χ1n) is 5.61. The van der Waals surface area contributed by atoms with Crippen LogP contribution in [0.5, 0.6) is 5.75 Å². The van der Waals surface area contributed by atoms with Crippen LogP contribution in [0.4, 0.5) is 0 Å². The van der Waals surface area contributed by atoms with Crippen LogP contribution in [0.1, 0.15) is 0 Å². The first kappa shape index (κ1) is 12.8. The first-order chi connectivity index (χ1) is 9.11. The molecular weight excluding hydrogens is 246 g/mol. The number of para-hydroxylation sites is 1. The van der Waals surface area contributed by atoms with E-state index in [0.29, 0.717) is 11.4 Å². The molecule has 0 saturated heterocycles. The summed E-state index contributed by atoms with van der Waals surface area (Å²) in [6, 6.07) is 10.2. The predicted octanol–water partition coefficient (Wildman–Crippen LogP) is 0.404. The molecule has 0 radical (unpaired) electrons. The lowest BCUT2D eigenvalue weighted by Crippen LogP contribution is -2.29. The van der Waals surface area contributed by atoms with Crippen molar-refractivity contribution in [2.45, 2.75) is 6.54 Å². The molecule has 0 aliphatic rings. The van der Waals surface area contributed by atoms with Gasteiger partial charge in [-0.15, -0.1) is 0 Å². The maximum Gasteiger partial charge on any atom is 0.267 e. The van der Waals surface area contributed by atoms with Crippen LogP contribution in [0, 0.1) is 0 Å². The SMILES string of the molecule is COc1ccccc1-c1ccc(=O)n(CC(N)=O)n1. The van der Waals surface area contributed by atoms with Gasteiger partial charge in [0.25, 0.3) is 5.56 Å². The fourth-order valence-electron chi connectivity index (χ4n) is 1.71. The summed E-state index contributed by atoms with van der Waals surface area (Å²) in [6.07, 6.45) is 0. The minimum atomic E-state index is -0.619. The molecule has 0 aliphatic carbocycles. The number of nitrogens with two attached hydrogens (primary N) is 1. The third-order valence-electron chi connectivity index (χ3n) is 2.56. The number of nitrogens with zero attached hydrogens (tertiary/aromatic N) is 2. The van der Waals surface area contributed by atoms with Gasteiger partial charge in [-0.25, -0.2) is 4.68 Å². The van der Waals surface area contributed by atoms with E-state index in [0.717, 1.165) is 10.2 Å². The van der Waals surface area contributed by atoms with E-state index in [2.05, 4.69) is 5.10 Å². The van der Waals surface area contributed by atoms with Crippen molar-refractivity contribution >= 4 is 5.91 Å². The summed E-state index contributed by atoms with van der Waals surface area (Å²) in [6.45, 7) is -0.248. The third kappa shape index (κ3) is 2.79. The number of methoxy groups -OCH3 is 1. The molecule has 0 aliphatic heterocycles. The lowest BCUT2D eigenvalue weighted by atomic mass is 10.1. The zero-order valence-electron chi connectivity index (χ0n) is 10.4. The second kappa shape index (κ2) is 5.34. The highest BCUT2D eigenvalue weighted by Crippen LogP contribution is 2.26. The van der Waals surface area contributed by atoms with Gasteiger partial charge in [0, 0.05) is 11.6 Å². The van der Waals surface area contributed by atoms with E-state index in [-0.39, 0.29) is 12.1 Å². The van der Waals surface area contributed by atoms with Gasteiger partial charge in [0.1, 0.15) is 12.3 Å². The number of aromatic nitrogens is 2. The van der Waals surface area contributed by atoms with Gasteiger partial charge in [0.05, 0.1) is 12.8 Å². The van der Waals surface area contributed by atoms with E-state index in [4.69, 9.17) is 10.5 Å². The summed E-state index contributed by atoms with van der Waals surface area (Å²) in [5.74, 6) is 0.0195. The normalized spacial score (nSPS) is 10.2. The molecule has 2 rings (SSSR count). The Kier molecular flexibility index (Phi) is 3.61. The number of amides is 1. The predicted molar refractivity (Wildman–Crippen MR) is 69.7 cm³/mol. The van der Waals surface area contributed by atoms with Gasteiger partial charge >= 0.3 is 0 Å². The minimum absolute atomic E-state index is 0.248. The van der Waals surface area contributed by atoms with Crippen LogP contribution in [0.15, 0.2) is 41.2 Å². The minimum Gasteiger partial charge on any atom is -0.496 e. The number of primary amides is 1. The number of ether oxygens (including phenoxy) is 1. The van der Waals surface area contributed by atoms with Crippen molar-refractivity contribution in [1.29, 1.82) is 0 Å². The van der Waals surface area contributed by atoms with Crippen LogP contribution in [0.2, 0.25) is 0 Å². The molecule has 19 heavy (non-hydrogen) atoms. The second-order valence-electron chi connectivity index (χ2n) is 3.88. The van der Waals surface area contributed by atoms with Crippen LogP contribution in [0.3, 0.4) is 0 Å². The Bertz CT molecular complexity index is 664. The van der Waals surface area contributed by atoms with Crippen LogP contribution >= 0.6 is 0 Å². The monoisotopic (exact) mass is 259 g/mol. The van der Waals surface area contributed by atoms with E-state index in [1.807, 2.05) is 18.2 Å². The van der Waals surface area contributed by atoms with Crippen molar-refractivity contribution in [3.63, 3.8) is 0 Å². The topological polar surface area (TPSA) is 87.2 Å². The Morgan fingerprint density at radius 3 is 2.74 bits per heavy atom. The average molecular weight is 259 g/mol. The van der Waals surface area contributed by atoms with Crippen LogP contribution in [-0.4, -0.2) is 22.8 Å². The number of rotatable bonds is 4. The maximum absolute atomic E-state index is 11.6. The van der Waals surface area contributed by atoms with Crippen molar-refractivity contribution < 1.29 is 9.53 Å². The summed E-state index contributed by atoms with van der Waals surface area (Å²) in [4.78, 5) is 22.4. The van der Waals surface area contributed by atoms with Crippen LogP contribution in [-0.2, 0) is 11.3 Å². The summed E-state index contributed by atoms with van der Waals surface area (Å²) >= 11 is 0. The lowest BCUT2D eigenvalue weighted by molar-refractivity contribution is -0.118. The van der Waals surface area contributed by atoms with Gasteiger partial charge < -0.3 is 10.5 Å². The Labute approximate surface area is 109 Å². The van der Waals surface area contributed by atoms with Gasteiger partial charge in [0.15, 0.2) is 0 Å². The Morgan fingerprint density at radius 1 is 1.32 bits per heavy atom. The maximum atomic E-state index is 11.6. The number of hydrogen-bond acceptors (Lipinski definition) is 4. The number of hydrogen-bond donors (Lipinski definition) is 1. The molecule has 0 unspecified atom stereocenters. The molecule has 0 saturated carbocycles. The standard InChI is InChI=1S/C13H13N3O3/c1-19-11-5-3-2-4-9(11)10-6-7-13(18)16(15-10)8-12(14)17/h2-7H,8H2,1H3,(H2,14,17). The molecule has 0 fully saturated rings. The summed E-state index contributed by atoms with van der Waals surface area (Å²) in [7, 11) is 1.55. The third-order valence-corrected chi connectivity index (χ3v) is 2.56. The van der Waals surface area contributed by atoms with Gasteiger partial charge in [-0.1, -0.05) is 12.1 Å². The van der Waals surface area contributed by atoms with Crippen molar-refractivity contribution in [1.82, 2.24) is 9.78 Å². The summed E-state index contributed by atoms with van der Waals surface area (Å²) in [5.41, 5.74) is 5.98. The zero-order chi connectivity index (χ0) is 13.8. The number of carbonyl (C=O) groups excluding carboxylic acids is 1. The van der Waals surface area contributed by atoms with E-state index >= 15 is 0 Å². The molecule has 1 heterocycles. The summed E-state index contributed by atoms with van der Waals surface area (Å²) < 4.78 is 6.26. The zero-order valence-corrected chi connectivity index (χ0v) is 10.4. The smallest absolute Gasteiger partial charge is 0.267 e. The number of carbonyl (C=O) groups is 1. The van der Waals surface area contributed by atoms with Gasteiger partial charge in [-0.05, 0) is 18.2 Å². The highest BCUT2D eigenvalue weighted by atomic mass is 16.5. The van der Waals surface area contributed by atoms with E-state index in [9.17, 15) is 9.59 Å². The fourth-order valence-corrected chi connectivity index (χ4v) is 1.71. The molecule has 6 heteroatoms. The molecule has 2 N–H and O–H groups in total. The molecule has 0 atom stereocenters. The van der Waals surface area contributed by atoms with E-state index in [1.165, 1.54) is 6.07 Å². The van der Waals surface area contributed by atoms with Crippen molar-refractivity contribution in [2.75, 3.05) is 7.11 Å². The largest absolute Gasteiger partial charge is 0.496 e. The Hall–Kier alpha value is -2.63. The molecular formula is C13H13N3O3. The van der Waals surface area contributed by atoms with Gasteiger partial charge in [-0.2, -0.15) is 5.10 Å². The number of benzene rings is 1. The molecule has 1 aromatic carbocycles. The van der Waals surface area contributed by atoms with Crippen LogP contribution in [0.25, 0.3) is 11.3 Å². The van der Waals surface area contributed by atoms with E-state index in [1.54, 1.807) is 19.2 Å². The average Bonchev–Trinajstić information content (AvgIpc) is 2.41. The van der Waals surface area contributed by atoms with Crippen LogP contribution < -0.4 is 16.0 Å². The molecule has 1 aromatic heterocycles. The fraction of sp³-hybridized carbons (Fsp3) is 0.154. The van der Waals surface area contributed by atoms with Gasteiger partial charge in [0.2, 0.25) is 5.91 Å². The highest BCUT2D eigenvalue weighted by molar-refractivity contribution is 5.73. The molecule has 98 valence electrons. The van der Waals surface area contributed by atoms with E-state index < -0.39 is 5.91 Å². The second-order valence-corrected chi connectivity index (χ2v) is 3.88. The van der Waals surface area contributed by atoms with Crippen molar-refractivity contribution in [3.05, 3.63) is 46.8 Å². The molecule has 1 amide bonds. The van der Waals surface area contributed by atoms with Crippen molar-refractivity contribution in [3.8, 4) is 17.0 Å². The quantitative estimate of drug-likeness (QED) is 0.861. The molecule has 6 nitrogen and oxygen atoms in total.